The van der Waals surface area contributed by atoms with E-state index < -0.39 is 32.6 Å². The molecule has 0 amide bonds. The monoisotopic (exact) mass is 396 g/mol. The van der Waals surface area contributed by atoms with Crippen LogP contribution in [0.2, 0.25) is 0 Å². The lowest BCUT2D eigenvalue weighted by molar-refractivity contribution is 0.0345. The number of rotatable bonds is 6. The first-order valence-corrected chi connectivity index (χ1v) is 10.2. The highest BCUT2D eigenvalue weighted by Crippen LogP contribution is 2.21. The van der Waals surface area contributed by atoms with Crippen LogP contribution in [0.3, 0.4) is 0 Å². The number of nitrogens with zero attached hydrogens (tertiary/aromatic N) is 1. The van der Waals surface area contributed by atoms with Gasteiger partial charge in [0.2, 0.25) is 10.0 Å². The third-order valence-electron chi connectivity index (χ3n) is 4.47. The van der Waals surface area contributed by atoms with E-state index in [4.69, 9.17) is 4.74 Å². The molecule has 1 saturated heterocycles. The van der Waals surface area contributed by atoms with Gasteiger partial charge in [0, 0.05) is 25.7 Å². The van der Waals surface area contributed by atoms with Gasteiger partial charge in [0.05, 0.1) is 24.2 Å². The van der Waals surface area contributed by atoms with Crippen LogP contribution in [0.15, 0.2) is 47.4 Å². The van der Waals surface area contributed by atoms with Gasteiger partial charge in [-0.2, -0.15) is 0 Å². The zero-order valence-electron chi connectivity index (χ0n) is 15.0. The molecule has 0 saturated carbocycles. The molecule has 0 aliphatic carbocycles. The van der Waals surface area contributed by atoms with Crippen LogP contribution in [0.4, 0.5) is 8.78 Å². The molecule has 1 heterocycles. The van der Waals surface area contributed by atoms with Crippen LogP contribution in [0, 0.1) is 18.6 Å². The summed E-state index contributed by atoms with van der Waals surface area (Å²) >= 11 is 0. The van der Waals surface area contributed by atoms with E-state index in [-0.39, 0.29) is 0 Å². The Kier molecular flexibility index (Phi) is 6.21. The third-order valence-corrected chi connectivity index (χ3v) is 5.92. The van der Waals surface area contributed by atoms with E-state index in [1.54, 1.807) is 0 Å². The lowest BCUT2D eigenvalue weighted by Gasteiger charge is -2.31. The first kappa shape index (κ1) is 19.9. The predicted molar refractivity (Wildman–Crippen MR) is 97.9 cm³/mol. The number of nitrogens with one attached hydrogen (secondary N) is 1. The minimum absolute atomic E-state index is 0.431. The van der Waals surface area contributed by atoms with Crippen LogP contribution in [0.25, 0.3) is 0 Å². The fourth-order valence-electron chi connectivity index (χ4n) is 2.99. The van der Waals surface area contributed by atoms with Crippen LogP contribution in [0.5, 0.6) is 0 Å². The highest BCUT2D eigenvalue weighted by Gasteiger charge is 2.25. The average molecular weight is 396 g/mol. The second-order valence-electron chi connectivity index (χ2n) is 6.60. The van der Waals surface area contributed by atoms with Crippen molar-refractivity contribution in [2.75, 3.05) is 32.8 Å². The van der Waals surface area contributed by atoms with Crippen molar-refractivity contribution in [1.29, 1.82) is 0 Å². The number of halogens is 2. The number of aryl methyl sites for hydroxylation is 1. The van der Waals surface area contributed by atoms with Gasteiger partial charge in [-0.05, 0) is 24.6 Å². The Balaban J connectivity index is 1.88. The van der Waals surface area contributed by atoms with Crippen molar-refractivity contribution in [3.8, 4) is 0 Å². The summed E-state index contributed by atoms with van der Waals surface area (Å²) in [5.41, 5.74) is 1.84. The summed E-state index contributed by atoms with van der Waals surface area (Å²) in [6, 6.07) is 9.22. The highest BCUT2D eigenvalue weighted by molar-refractivity contribution is 7.89. The topological polar surface area (TPSA) is 58.6 Å². The van der Waals surface area contributed by atoms with Gasteiger partial charge in [-0.25, -0.2) is 21.9 Å². The van der Waals surface area contributed by atoms with E-state index in [2.05, 4.69) is 9.62 Å². The fraction of sp³-hybridized carbons (Fsp3) is 0.368. The first-order valence-electron chi connectivity index (χ1n) is 8.68. The van der Waals surface area contributed by atoms with Crippen molar-refractivity contribution in [2.45, 2.75) is 17.9 Å². The molecule has 146 valence electrons. The SMILES string of the molecule is Cc1ccc(C(CN2CCOCC2)NS(=O)(=O)c2cc(F)cc(F)c2)cc1. The van der Waals surface area contributed by atoms with E-state index >= 15 is 0 Å². The molecule has 2 aromatic carbocycles. The molecule has 2 aromatic rings. The van der Waals surface area contributed by atoms with Crippen LogP contribution in [-0.2, 0) is 14.8 Å². The normalized spacial score (nSPS) is 17.0. The quantitative estimate of drug-likeness (QED) is 0.816. The largest absolute Gasteiger partial charge is 0.379 e. The van der Waals surface area contributed by atoms with Gasteiger partial charge in [0.25, 0.3) is 0 Å². The molecule has 8 heteroatoms. The molecule has 27 heavy (non-hydrogen) atoms. The summed E-state index contributed by atoms with van der Waals surface area (Å²) in [7, 11) is -4.10. The lowest BCUT2D eigenvalue weighted by Crippen LogP contribution is -2.43. The summed E-state index contributed by atoms with van der Waals surface area (Å²) < 4.78 is 60.4. The average Bonchev–Trinajstić information content (AvgIpc) is 2.62. The predicted octanol–water partition coefficient (Wildman–Crippen LogP) is 2.63. The fourth-order valence-corrected chi connectivity index (χ4v) is 4.25. The van der Waals surface area contributed by atoms with Gasteiger partial charge in [0.15, 0.2) is 0 Å². The summed E-state index contributed by atoms with van der Waals surface area (Å²) in [4.78, 5) is 1.67. The number of morpholine rings is 1. The molecule has 0 radical (unpaired) electrons. The molecular formula is C19H22F2N2O3S. The molecule has 0 aromatic heterocycles. The molecule has 1 unspecified atom stereocenters. The summed E-state index contributed by atoms with van der Waals surface area (Å²) in [6.07, 6.45) is 0. The molecule has 0 spiro atoms. The highest BCUT2D eigenvalue weighted by atomic mass is 32.2. The van der Waals surface area contributed by atoms with Gasteiger partial charge in [-0.15, -0.1) is 0 Å². The number of benzene rings is 2. The molecule has 1 aliphatic heterocycles. The lowest BCUT2D eigenvalue weighted by atomic mass is 10.1. The van der Waals surface area contributed by atoms with Crippen molar-refractivity contribution >= 4 is 10.0 Å². The van der Waals surface area contributed by atoms with Crippen LogP contribution < -0.4 is 4.72 Å². The maximum absolute atomic E-state index is 13.5. The smallest absolute Gasteiger partial charge is 0.241 e. The molecule has 0 bridgehead atoms. The summed E-state index contributed by atoms with van der Waals surface area (Å²) in [6.45, 7) is 4.94. The molecule has 5 nitrogen and oxygen atoms in total. The van der Waals surface area contributed by atoms with Crippen molar-refractivity contribution in [3.05, 3.63) is 65.2 Å². The minimum Gasteiger partial charge on any atom is -0.379 e. The van der Waals surface area contributed by atoms with Gasteiger partial charge in [0.1, 0.15) is 11.6 Å². The van der Waals surface area contributed by atoms with E-state index in [0.717, 1.165) is 23.3 Å². The van der Waals surface area contributed by atoms with E-state index in [1.165, 1.54) is 0 Å². The number of ether oxygens (including phenoxy) is 1. The molecular weight excluding hydrogens is 374 g/mol. The zero-order chi connectivity index (χ0) is 19.4. The van der Waals surface area contributed by atoms with Crippen LogP contribution >= 0.6 is 0 Å². The standard InChI is InChI=1S/C19H22F2N2O3S/c1-14-2-4-15(5-3-14)19(13-23-6-8-26-9-7-23)22-27(24,25)18-11-16(20)10-17(21)12-18/h2-5,10-12,19,22H,6-9,13H2,1H3. The van der Waals surface area contributed by atoms with Crippen molar-refractivity contribution in [3.63, 3.8) is 0 Å². The second kappa shape index (κ2) is 8.43. The van der Waals surface area contributed by atoms with Crippen molar-refractivity contribution < 1.29 is 21.9 Å². The Bertz CT molecular complexity index is 862. The van der Waals surface area contributed by atoms with Crippen LogP contribution in [0.1, 0.15) is 17.2 Å². The van der Waals surface area contributed by atoms with Crippen molar-refractivity contribution in [2.24, 2.45) is 0 Å². The molecule has 1 N–H and O–H groups in total. The van der Waals surface area contributed by atoms with Crippen molar-refractivity contribution in [1.82, 2.24) is 9.62 Å². The van der Waals surface area contributed by atoms with E-state index in [0.29, 0.717) is 38.9 Å². The number of hydrogen-bond acceptors (Lipinski definition) is 4. The second-order valence-corrected chi connectivity index (χ2v) is 8.32. The summed E-state index contributed by atoms with van der Waals surface area (Å²) in [5.74, 6) is -1.87. The maximum atomic E-state index is 13.5. The number of sulfonamides is 1. The minimum atomic E-state index is -4.10. The van der Waals surface area contributed by atoms with Gasteiger partial charge < -0.3 is 4.74 Å². The number of hydrogen-bond donors (Lipinski definition) is 1. The maximum Gasteiger partial charge on any atom is 0.241 e. The third kappa shape index (κ3) is 5.32. The Hall–Kier alpha value is -1.87. The van der Waals surface area contributed by atoms with Gasteiger partial charge >= 0.3 is 0 Å². The molecule has 3 rings (SSSR count). The summed E-state index contributed by atoms with van der Waals surface area (Å²) in [5, 5.41) is 0. The molecule has 1 atom stereocenters. The van der Waals surface area contributed by atoms with Gasteiger partial charge in [-0.1, -0.05) is 29.8 Å². The Morgan fingerprint density at radius 1 is 1.07 bits per heavy atom. The van der Waals surface area contributed by atoms with E-state index in [1.807, 2.05) is 31.2 Å². The van der Waals surface area contributed by atoms with E-state index in [9.17, 15) is 17.2 Å². The Morgan fingerprint density at radius 3 is 2.26 bits per heavy atom. The first-order chi connectivity index (χ1) is 12.8. The molecule has 1 fully saturated rings. The van der Waals surface area contributed by atoms with Gasteiger partial charge in [-0.3, -0.25) is 4.90 Å². The Morgan fingerprint density at radius 2 is 1.67 bits per heavy atom. The molecule has 1 aliphatic rings. The Labute approximate surface area is 158 Å². The zero-order valence-corrected chi connectivity index (χ0v) is 15.8. The van der Waals surface area contributed by atoms with Crippen LogP contribution in [-0.4, -0.2) is 46.2 Å².